The summed E-state index contributed by atoms with van der Waals surface area (Å²) in [6, 6.07) is 5.69. The number of aliphatic hydroxyl groups is 1. The average Bonchev–Trinajstić information content (AvgIpc) is 2.74. The maximum absolute atomic E-state index is 12.1. The molecule has 1 aromatic rings. The molecule has 2 rings (SSSR count). The van der Waals surface area contributed by atoms with E-state index in [0.717, 1.165) is 18.7 Å². The number of carbonyl (C=O) groups excluding carboxylic acids is 1. The number of rotatable bonds is 3. The molecule has 0 fully saturated rings. The first-order valence-corrected chi connectivity index (χ1v) is 6.27. The maximum Gasteiger partial charge on any atom is 0.251 e. The molecule has 0 saturated carbocycles. The standard InChI is InChI=1S/C14H20N2O2/c1-9(17)14(2,3)16-13(18)11-5-4-10-6-7-15-12(10)8-11/h4-5,8-9,15,17H,6-7H2,1-3H3,(H,16,18). The minimum Gasteiger partial charge on any atom is -0.391 e. The van der Waals surface area contributed by atoms with Crippen molar-refractivity contribution < 1.29 is 9.90 Å². The second-order valence-corrected chi connectivity index (χ2v) is 5.40. The number of benzene rings is 1. The summed E-state index contributed by atoms with van der Waals surface area (Å²) in [5.74, 6) is -0.155. The maximum atomic E-state index is 12.1. The van der Waals surface area contributed by atoms with E-state index in [4.69, 9.17) is 0 Å². The van der Waals surface area contributed by atoms with Crippen molar-refractivity contribution in [1.82, 2.24) is 5.32 Å². The van der Waals surface area contributed by atoms with Crippen LogP contribution in [-0.2, 0) is 6.42 Å². The highest BCUT2D eigenvalue weighted by Crippen LogP contribution is 2.23. The highest BCUT2D eigenvalue weighted by Gasteiger charge is 2.26. The number of aliphatic hydroxyl groups excluding tert-OH is 1. The van der Waals surface area contributed by atoms with Crippen molar-refractivity contribution in [2.75, 3.05) is 11.9 Å². The third-order valence-electron chi connectivity index (χ3n) is 3.56. The third-order valence-corrected chi connectivity index (χ3v) is 3.56. The van der Waals surface area contributed by atoms with Gasteiger partial charge in [0.2, 0.25) is 0 Å². The smallest absolute Gasteiger partial charge is 0.251 e. The molecule has 3 N–H and O–H groups in total. The van der Waals surface area contributed by atoms with Crippen molar-refractivity contribution in [3.05, 3.63) is 29.3 Å². The van der Waals surface area contributed by atoms with E-state index in [-0.39, 0.29) is 5.91 Å². The molecular formula is C14H20N2O2. The quantitative estimate of drug-likeness (QED) is 0.760. The molecule has 0 aromatic heterocycles. The van der Waals surface area contributed by atoms with E-state index in [1.54, 1.807) is 20.8 Å². The summed E-state index contributed by atoms with van der Waals surface area (Å²) < 4.78 is 0. The average molecular weight is 248 g/mol. The monoisotopic (exact) mass is 248 g/mol. The van der Waals surface area contributed by atoms with Crippen LogP contribution in [0.5, 0.6) is 0 Å². The molecule has 0 saturated heterocycles. The van der Waals surface area contributed by atoms with E-state index in [1.807, 2.05) is 18.2 Å². The Morgan fingerprint density at radius 3 is 2.89 bits per heavy atom. The predicted molar refractivity (Wildman–Crippen MR) is 71.9 cm³/mol. The molecule has 1 atom stereocenters. The number of nitrogens with one attached hydrogen (secondary N) is 2. The molecule has 98 valence electrons. The largest absolute Gasteiger partial charge is 0.391 e. The Morgan fingerprint density at radius 2 is 2.22 bits per heavy atom. The Morgan fingerprint density at radius 1 is 1.50 bits per heavy atom. The molecule has 1 heterocycles. The van der Waals surface area contributed by atoms with Crippen LogP contribution in [0.1, 0.15) is 36.7 Å². The van der Waals surface area contributed by atoms with Gasteiger partial charge in [0, 0.05) is 17.8 Å². The first-order valence-electron chi connectivity index (χ1n) is 6.27. The lowest BCUT2D eigenvalue weighted by atomic mass is 9.98. The van der Waals surface area contributed by atoms with Crippen LogP contribution >= 0.6 is 0 Å². The first-order chi connectivity index (χ1) is 8.40. The zero-order chi connectivity index (χ0) is 13.3. The zero-order valence-corrected chi connectivity index (χ0v) is 11.1. The summed E-state index contributed by atoms with van der Waals surface area (Å²) in [5.41, 5.74) is 2.28. The third kappa shape index (κ3) is 2.48. The van der Waals surface area contributed by atoms with Crippen LogP contribution in [0.25, 0.3) is 0 Å². The fourth-order valence-corrected chi connectivity index (χ4v) is 1.90. The van der Waals surface area contributed by atoms with E-state index < -0.39 is 11.6 Å². The number of carbonyl (C=O) groups is 1. The van der Waals surface area contributed by atoms with E-state index >= 15 is 0 Å². The molecule has 1 aliphatic heterocycles. The second-order valence-electron chi connectivity index (χ2n) is 5.40. The Labute approximate surface area is 107 Å². The van der Waals surface area contributed by atoms with Gasteiger partial charge in [-0.3, -0.25) is 4.79 Å². The lowest BCUT2D eigenvalue weighted by Gasteiger charge is -2.29. The molecule has 1 aliphatic rings. The fraction of sp³-hybridized carbons (Fsp3) is 0.500. The van der Waals surface area contributed by atoms with Crippen LogP contribution in [0.4, 0.5) is 5.69 Å². The van der Waals surface area contributed by atoms with E-state index in [0.29, 0.717) is 5.56 Å². The van der Waals surface area contributed by atoms with E-state index in [2.05, 4.69) is 10.6 Å². The lowest BCUT2D eigenvalue weighted by molar-refractivity contribution is 0.0709. The van der Waals surface area contributed by atoms with Gasteiger partial charge in [0.1, 0.15) is 0 Å². The van der Waals surface area contributed by atoms with Crippen LogP contribution in [0, 0.1) is 0 Å². The van der Waals surface area contributed by atoms with Gasteiger partial charge < -0.3 is 15.7 Å². The van der Waals surface area contributed by atoms with Gasteiger partial charge >= 0.3 is 0 Å². The van der Waals surface area contributed by atoms with Crippen molar-refractivity contribution in [3.63, 3.8) is 0 Å². The highest BCUT2D eigenvalue weighted by molar-refractivity contribution is 5.96. The van der Waals surface area contributed by atoms with Crippen LogP contribution in [0.15, 0.2) is 18.2 Å². The summed E-state index contributed by atoms with van der Waals surface area (Å²) in [7, 11) is 0. The number of hydrogen-bond donors (Lipinski definition) is 3. The molecule has 0 bridgehead atoms. The minimum atomic E-state index is -0.635. The summed E-state index contributed by atoms with van der Waals surface area (Å²) in [6.45, 7) is 6.21. The van der Waals surface area contributed by atoms with Gasteiger partial charge in [0.25, 0.3) is 5.91 Å². The van der Waals surface area contributed by atoms with Crippen molar-refractivity contribution in [2.24, 2.45) is 0 Å². The molecule has 1 amide bonds. The molecule has 4 nitrogen and oxygen atoms in total. The zero-order valence-electron chi connectivity index (χ0n) is 11.1. The van der Waals surface area contributed by atoms with Gasteiger partial charge in [0.15, 0.2) is 0 Å². The Kier molecular flexibility index (Phi) is 3.30. The number of fused-ring (bicyclic) bond motifs is 1. The van der Waals surface area contributed by atoms with Crippen LogP contribution in [0.2, 0.25) is 0 Å². The van der Waals surface area contributed by atoms with Gasteiger partial charge in [-0.15, -0.1) is 0 Å². The van der Waals surface area contributed by atoms with Crippen molar-refractivity contribution in [3.8, 4) is 0 Å². The van der Waals surface area contributed by atoms with Crippen LogP contribution in [0.3, 0.4) is 0 Å². The van der Waals surface area contributed by atoms with Crippen LogP contribution in [-0.4, -0.2) is 29.2 Å². The normalized spacial score (nSPS) is 15.8. The highest BCUT2D eigenvalue weighted by atomic mass is 16.3. The van der Waals surface area contributed by atoms with Gasteiger partial charge in [-0.05, 0) is 44.9 Å². The summed E-state index contributed by atoms with van der Waals surface area (Å²) in [4.78, 5) is 12.1. The molecule has 4 heteroatoms. The molecular weight excluding hydrogens is 228 g/mol. The molecule has 0 aliphatic carbocycles. The van der Waals surface area contributed by atoms with Gasteiger partial charge in [0.05, 0.1) is 11.6 Å². The predicted octanol–water partition coefficient (Wildman–Crippen LogP) is 1.54. The van der Waals surface area contributed by atoms with Crippen LogP contribution < -0.4 is 10.6 Å². The lowest BCUT2D eigenvalue weighted by Crippen LogP contribution is -2.50. The molecule has 0 radical (unpaired) electrons. The van der Waals surface area contributed by atoms with E-state index in [9.17, 15) is 9.90 Å². The topological polar surface area (TPSA) is 61.4 Å². The van der Waals surface area contributed by atoms with Crippen molar-refractivity contribution >= 4 is 11.6 Å². The number of anilines is 1. The summed E-state index contributed by atoms with van der Waals surface area (Å²) in [5, 5.41) is 15.7. The fourth-order valence-electron chi connectivity index (χ4n) is 1.90. The molecule has 0 spiro atoms. The van der Waals surface area contributed by atoms with Gasteiger partial charge in [-0.25, -0.2) is 0 Å². The van der Waals surface area contributed by atoms with Gasteiger partial charge in [-0.2, -0.15) is 0 Å². The molecule has 1 unspecified atom stereocenters. The Hall–Kier alpha value is -1.55. The molecule has 1 aromatic carbocycles. The van der Waals surface area contributed by atoms with Gasteiger partial charge in [-0.1, -0.05) is 6.07 Å². The van der Waals surface area contributed by atoms with Crippen molar-refractivity contribution in [2.45, 2.75) is 38.8 Å². The second kappa shape index (κ2) is 4.61. The van der Waals surface area contributed by atoms with E-state index in [1.165, 1.54) is 5.56 Å². The minimum absolute atomic E-state index is 0.155. The summed E-state index contributed by atoms with van der Waals surface area (Å²) >= 11 is 0. The Balaban J connectivity index is 2.15. The number of amides is 1. The SMILES string of the molecule is CC(O)C(C)(C)NC(=O)c1ccc2c(c1)NCC2. The summed E-state index contributed by atoms with van der Waals surface area (Å²) in [6.07, 6.45) is 0.408. The van der Waals surface area contributed by atoms with Crippen molar-refractivity contribution in [1.29, 1.82) is 0 Å². The Bertz CT molecular complexity index is 467. The molecule has 18 heavy (non-hydrogen) atoms. The first kappa shape index (κ1) is 12.9. The number of hydrogen-bond acceptors (Lipinski definition) is 3.